The minimum absolute atomic E-state index is 0.167. The molecule has 0 aliphatic carbocycles. The van der Waals surface area contributed by atoms with Gasteiger partial charge in [0.05, 0.1) is 5.75 Å². The minimum Gasteiger partial charge on any atom is -0.294 e. The van der Waals surface area contributed by atoms with Crippen LogP contribution >= 0.6 is 27.7 Å². The molecule has 0 bridgehead atoms. The van der Waals surface area contributed by atoms with Gasteiger partial charge in [-0.25, -0.2) is 5.84 Å². The molecule has 1 heterocycles. The van der Waals surface area contributed by atoms with Crippen LogP contribution in [0.25, 0.3) is 17.1 Å². The summed E-state index contributed by atoms with van der Waals surface area (Å²) in [6, 6.07) is 17.6. The predicted octanol–water partition coefficient (Wildman–Crippen LogP) is 2.78. The number of thioether (sulfide) groups is 1. The number of carbonyl (C=O) groups excluding carboxylic acids is 1. The summed E-state index contributed by atoms with van der Waals surface area (Å²) in [7, 11) is 0. The molecule has 0 atom stereocenters. The topological polar surface area (TPSA) is 85.8 Å². The SMILES string of the molecule is NNC(=O)CSc1nnc(-c2ccccc2)n1-c1ccc(Br)cc1. The molecule has 3 N–H and O–H groups in total. The molecule has 1 aromatic heterocycles. The van der Waals surface area contributed by atoms with Gasteiger partial charge in [0.1, 0.15) is 0 Å². The molecule has 0 aliphatic rings. The number of aromatic nitrogens is 3. The van der Waals surface area contributed by atoms with Crippen LogP contribution < -0.4 is 11.3 Å². The van der Waals surface area contributed by atoms with Crippen LogP contribution in [-0.4, -0.2) is 26.4 Å². The third-order valence-corrected chi connectivity index (χ3v) is 4.70. The molecule has 0 spiro atoms. The van der Waals surface area contributed by atoms with Gasteiger partial charge in [0.2, 0.25) is 5.91 Å². The standard InChI is InChI=1S/C16H14BrN5OS/c17-12-6-8-13(9-7-12)22-15(11-4-2-1-3-5-11)20-21-16(22)24-10-14(23)19-18/h1-9H,10,18H2,(H,19,23). The summed E-state index contributed by atoms with van der Waals surface area (Å²) in [5, 5.41) is 9.17. The van der Waals surface area contributed by atoms with E-state index in [0.717, 1.165) is 15.7 Å². The number of rotatable bonds is 5. The molecule has 0 unspecified atom stereocenters. The highest BCUT2D eigenvalue weighted by molar-refractivity contribution is 9.10. The fraction of sp³-hybridized carbons (Fsp3) is 0.0625. The van der Waals surface area contributed by atoms with Gasteiger partial charge < -0.3 is 0 Å². The zero-order chi connectivity index (χ0) is 16.9. The van der Waals surface area contributed by atoms with Gasteiger partial charge in [0.25, 0.3) is 0 Å². The molecule has 1 amide bonds. The van der Waals surface area contributed by atoms with E-state index in [-0.39, 0.29) is 11.7 Å². The van der Waals surface area contributed by atoms with Gasteiger partial charge in [0, 0.05) is 15.7 Å². The van der Waals surface area contributed by atoms with Gasteiger partial charge >= 0.3 is 0 Å². The summed E-state index contributed by atoms with van der Waals surface area (Å²) in [5.41, 5.74) is 3.98. The van der Waals surface area contributed by atoms with Crippen LogP contribution in [0.15, 0.2) is 64.2 Å². The van der Waals surface area contributed by atoms with E-state index in [1.165, 1.54) is 11.8 Å². The maximum absolute atomic E-state index is 11.4. The second kappa shape index (κ2) is 7.61. The summed E-state index contributed by atoms with van der Waals surface area (Å²) in [4.78, 5) is 11.4. The highest BCUT2D eigenvalue weighted by atomic mass is 79.9. The lowest BCUT2D eigenvalue weighted by molar-refractivity contribution is -0.118. The lowest BCUT2D eigenvalue weighted by Gasteiger charge is -2.10. The van der Waals surface area contributed by atoms with Crippen molar-refractivity contribution in [2.45, 2.75) is 5.16 Å². The van der Waals surface area contributed by atoms with Crippen molar-refractivity contribution < 1.29 is 4.79 Å². The van der Waals surface area contributed by atoms with Crippen LogP contribution in [0, 0.1) is 0 Å². The summed E-state index contributed by atoms with van der Waals surface area (Å²) in [5.74, 6) is 5.75. The van der Waals surface area contributed by atoms with E-state index in [1.54, 1.807) is 0 Å². The van der Waals surface area contributed by atoms with Gasteiger partial charge in [-0.3, -0.25) is 14.8 Å². The van der Waals surface area contributed by atoms with E-state index >= 15 is 0 Å². The van der Waals surface area contributed by atoms with Gasteiger partial charge in [0.15, 0.2) is 11.0 Å². The molecule has 122 valence electrons. The number of hydrazine groups is 1. The van der Waals surface area contributed by atoms with Crippen molar-refractivity contribution in [1.82, 2.24) is 20.2 Å². The number of benzene rings is 2. The van der Waals surface area contributed by atoms with Crippen LogP contribution in [0.3, 0.4) is 0 Å². The average molecular weight is 404 g/mol. The molecule has 3 aromatic rings. The Morgan fingerprint density at radius 2 is 1.83 bits per heavy atom. The molecule has 24 heavy (non-hydrogen) atoms. The Balaban J connectivity index is 2.05. The fourth-order valence-corrected chi connectivity index (χ4v) is 3.16. The van der Waals surface area contributed by atoms with Crippen LogP contribution in [0.2, 0.25) is 0 Å². The molecule has 0 saturated carbocycles. The first-order chi connectivity index (χ1) is 11.7. The number of nitrogens with two attached hydrogens (primary N) is 1. The number of halogens is 1. The van der Waals surface area contributed by atoms with Crippen molar-refractivity contribution in [3.63, 3.8) is 0 Å². The van der Waals surface area contributed by atoms with E-state index in [0.29, 0.717) is 11.0 Å². The average Bonchev–Trinajstić information content (AvgIpc) is 3.05. The van der Waals surface area contributed by atoms with E-state index < -0.39 is 0 Å². The molecular weight excluding hydrogens is 390 g/mol. The Morgan fingerprint density at radius 1 is 1.12 bits per heavy atom. The van der Waals surface area contributed by atoms with Crippen LogP contribution in [0.1, 0.15) is 0 Å². The Kier molecular flexibility index (Phi) is 5.29. The van der Waals surface area contributed by atoms with Crippen LogP contribution in [0.4, 0.5) is 0 Å². The first-order valence-corrected chi connectivity index (χ1v) is 8.86. The number of nitrogens with zero attached hydrogens (tertiary/aromatic N) is 3. The maximum atomic E-state index is 11.4. The predicted molar refractivity (Wildman–Crippen MR) is 97.5 cm³/mol. The molecule has 8 heteroatoms. The first kappa shape index (κ1) is 16.7. The Morgan fingerprint density at radius 3 is 2.50 bits per heavy atom. The quantitative estimate of drug-likeness (QED) is 0.296. The third-order valence-electron chi connectivity index (χ3n) is 3.24. The molecular formula is C16H14BrN5OS. The summed E-state index contributed by atoms with van der Waals surface area (Å²) < 4.78 is 2.91. The number of hydrogen-bond donors (Lipinski definition) is 2. The molecule has 3 rings (SSSR count). The number of hydrogen-bond acceptors (Lipinski definition) is 5. The van der Waals surface area contributed by atoms with Gasteiger partial charge in [-0.05, 0) is 24.3 Å². The second-order valence-corrected chi connectivity index (χ2v) is 6.70. The van der Waals surface area contributed by atoms with Crippen molar-refractivity contribution in [2.24, 2.45) is 5.84 Å². The van der Waals surface area contributed by atoms with Crippen LogP contribution in [0.5, 0.6) is 0 Å². The minimum atomic E-state index is -0.272. The molecule has 6 nitrogen and oxygen atoms in total. The van der Waals surface area contributed by atoms with E-state index in [4.69, 9.17) is 5.84 Å². The van der Waals surface area contributed by atoms with Crippen LogP contribution in [-0.2, 0) is 4.79 Å². The summed E-state index contributed by atoms with van der Waals surface area (Å²) in [6.45, 7) is 0. The summed E-state index contributed by atoms with van der Waals surface area (Å²) in [6.07, 6.45) is 0. The normalized spacial score (nSPS) is 10.6. The van der Waals surface area contributed by atoms with Crippen molar-refractivity contribution in [1.29, 1.82) is 0 Å². The van der Waals surface area contributed by atoms with Gasteiger partial charge in [-0.15, -0.1) is 10.2 Å². The molecule has 0 aliphatic heterocycles. The molecule has 0 radical (unpaired) electrons. The monoisotopic (exact) mass is 403 g/mol. The Bertz CT molecular complexity index is 835. The lowest BCUT2D eigenvalue weighted by Crippen LogP contribution is -2.31. The highest BCUT2D eigenvalue weighted by Crippen LogP contribution is 2.28. The number of amides is 1. The first-order valence-electron chi connectivity index (χ1n) is 7.08. The largest absolute Gasteiger partial charge is 0.294 e. The van der Waals surface area contributed by atoms with Crippen molar-refractivity contribution in [3.05, 3.63) is 59.1 Å². The third kappa shape index (κ3) is 3.66. The fourth-order valence-electron chi connectivity index (χ4n) is 2.13. The van der Waals surface area contributed by atoms with Crippen molar-refractivity contribution in [2.75, 3.05) is 5.75 Å². The molecule has 0 saturated heterocycles. The number of carbonyl (C=O) groups is 1. The molecule has 0 fully saturated rings. The smallest absolute Gasteiger partial charge is 0.244 e. The summed E-state index contributed by atoms with van der Waals surface area (Å²) >= 11 is 4.72. The van der Waals surface area contributed by atoms with E-state index in [1.807, 2.05) is 59.2 Å². The Hall–Kier alpha value is -2.16. The van der Waals surface area contributed by atoms with Gasteiger partial charge in [-0.2, -0.15) is 0 Å². The second-order valence-electron chi connectivity index (χ2n) is 4.84. The Labute approximate surface area is 151 Å². The van der Waals surface area contributed by atoms with Gasteiger partial charge in [-0.1, -0.05) is 58.0 Å². The lowest BCUT2D eigenvalue weighted by atomic mass is 10.2. The zero-order valence-corrected chi connectivity index (χ0v) is 14.9. The number of nitrogens with one attached hydrogen (secondary N) is 1. The van der Waals surface area contributed by atoms with Crippen molar-refractivity contribution >= 4 is 33.6 Å². The van der Waals surface area contributed by atoms with Crippen molar-refractivity contribution in [3.8, 4) is 17.1 Å². The zero-order valence-electron chi connectivity index (χ0n) is 12.5. The highest BCUT2D eigenvalue weighted by Gasteiger charge is 2.16. The molecule has 2 aromatic carbocycles. The maximum Gasteiger partial charge on any atom is 0.244 e. The van der Waals surface area contributed by atoms with E-state index in [2.05, 4.69) is 31.6 Å². The van der Waals surface area contributed by atoms with E-state index in [9.17, 15) is 4.79 Å².